The number of nitrogens with one attached hydrogen (secondary N) is 2. The van der Waals surface area contributed by atoms with Crippen LogP contribution in [0.3, 0.4) is 0 Å². The van der Waals surface area contributed by atoms with Crippen LogP contribution in [0.25, 0.3) is 0 Å². The molecule has 1 fully saturated rings. The Morgan fingerprint density at radius 1 is 1.36 bits per heavy atom. The molecule has 2 heterocycles. The largest absolute Gasteiger partial charge is 0.486 e. The monoisotopic (exact) mass is 384 g/mol. The van der Waals surface area contributed by atoms with E-state index in [0.29, 0.717) is 50.6 Å². The number of hydrogen-bond acceptors (Lipinski definition) is 6. The molecule has 0 spiro atoms. The first-order valence-corrected chi connectivity index (χ1v) is 9.45. The number of hydrogen-bond donors (Lipinski definition) is 2. The third kappa shape index (κ3) is 5.16. The number of rotatable bonds is 8. The molecule has 0 aliphatic carbocycles. The normalized spacial score (nSPS) is 18.5. The van der Waals surface area contributed by atoms with E-state index in [1.165, 1.54) is 6.20 Å². The summed E-state index contributed by atoms with van der Waals surface area (Å²) in [4.78, 5) is 25.4. The molecule has 148 valence electrons. The summed E-state index contributed by atoms with van der Waals surface area (Å²) in [6.45, 7) is 2.63. The lowest BCUT2D eigenvalue weighted by Gasteiger charge is -2.26. The minimum absolute atomic E-state index is 0.00521. The summed E-state index contributed by atoms with van der Waals surface area (Å²) in [6, 6.07) is 9.32. The van der Waals surface area contributed by atoms with Crippen LogP contribution >= 0.6 is 0 Å². The van der Waals surface area contributed by atoms with Crippen molar-refractivity contribution in [1.82, 2.24) is 15.5 Å². The van der Waals surface area contributed by atoms with Crippen molar-refractivity contribution in [2.75, 3.05) is 32.8 Å². The van der Waals surface area contributed by atoms with Gasteiger partial charge in [-0.3, -0.25) is 9.59 Å². The lowest BCUT2D eigenvalue weighted by Crippen LogP contribution is -2.37. The average molecular weight is 384 g/mol. The van der Waals surface area contributed by atoms with Crippen LogP contribution < -0.4 is 20.1 Å². The Bertz CT molecular complexity index is 787. The maximum atomic E-state index is 12.1. The van der Waals surface area contributed by atoms with E-state index < -0.39 is 5.91 Å². The van der Waals surface area contributed by atoms with Gasteiger partial charge in [0, 0.05) is 32.3 Å². The summed E-state index contributed by atoms with van der Waals surface area (Å²) in [6.07, 6.45) is 3.35. The summed E-state index contributed by atoms with van der Waals surface area (Å²) in [5.74, 6) is 1.12. The number of nitriles is 1. The van der Waals surface area contributed by atoms with Gasteiger partial charge >= 0.3 is 0 Å². The van der Waals surface area contributed by atoms with Gasteiger partial charge in [-0.2, -0.15) is 5.26 Å². The van der Waals surface area contributed by atoms with Crippen LogP contribution in [0.2, 0.25) is 0 Å². The molecule has 28 heavy (non-hydrogen) atoms. The van der Waals surface area contributed by atoms with Crippen LogP contribution in [-0.4, -0.2) is 55.6 Å². The molecule has 1 atom stereocenters. The highest BCUT2D eigenvalue weighted by Crippen LogP contribution is 2.30. The van der Waals surface area contributed by atoms with Crippen molar-refractivity contribution in [2.45, 2.75) is 25.4 Å². The first-order chi connectivity index (χ1) is 13.7. The Balaban J connectivity index is 1.38. The number of para-hydroxylation sites is 2. The fourth-order valence-corrected chi connectivity index (χ4v) is 3.11. The van der Waals surface area contributed by atoms with Crippen molar-refractivity contribution in [2.24, 2.45) is 0 Å². The zero-order chi connectivity index (χ0) is 19.8. The smallest absolute Gasteiger partial charge is 0.263 e. The minimum Gasteiger partial charge on any atom is -0.486 e. The molecule has 0 aromatic heterocycles. The van der Waals surface area contributed by atoms with Crippen LogP contribution in [0.4, 0.5) is 0 Å². The van der Waals surface area contributed by atoms with E-state index in [2.05, 4.69) is 10.6 Å². The molecule has 2 N–H and O–H groups in total. The number of ether oxygens (including phenoxy) is 2. The first-order valence-electron chi connectivity index (χ1n) is 9.45. The Kier molecular flexibility index (Phi) is 6.73. The molecule has 8 heteroatoms. The third-order valence-corrected chi connectivity index (χ3v) is 4.59. The van der Waals surface area contributed by atoms with Gasteiger partial charge in [0.25, 0.3) is 5.91 Å². The maximum absolute atomic E-state index is 12.1. The second-order valence-corrected chi connectivity index (χ2v) is 6.67. The highest BCUT2D eigenvalue weighted by molar-refractivity contribution is 5.97. The molecule has 0 saturated carbocycles. The molecular weight excluding hydrogens is 360 g/mol. The van der Waals surface area contributed by atoms with Gasteiger partial charge in [0.1, 0.15) is 24.4 Å². The highest BCUT2D eigenvalue weighted by atomic mass is 16.6. The summed E-state index contributed by atoms with van der Waals surface area (Å²) in [5.41, 5.74) is -0.00521. The van der Waals surface area contributed by atoms with Gasteiger partial charge in [-0.1, -0.05) is 12.1 Å². The van der Waals surface area contributed by atoms with E-state index in [4.69, 9.17) is 9.47 Å². The van der Waals surface area contributed by atoms with Crippen molar-refractivity contribution in [3.8, 4) is 17.6 Å². The molecule has 1 unspecified atom stereocenters. The molecular formula is C20H24N4O4. The lowest BCUT2D eigenvalue weighted by molar-refractivity contribution is -0.127. The fourth-order valence-electron chi connectivity index (χ4n) is 3.11. The third-order valence-electron chi connectivity index (χ3n) is 4.59. The van der Waals surface area contributed by atoms with Crippen molar-refractivity contribution < 1.29 is 19.1 Å². The zero-order valence-corrected chi connectivity index (χ0v) is 15.6. The van der Waals surface area contributed by atoms with Crippen molar-refractivity contribution in [3.05, 3.63) is 36.0 Å². The topological polar surface area (TPSA) is 104 Å². The highest BCUT2D eigenvalue weighted by Gasteiger charge is 2.21. The molecule has 0 bridgehead atoms. The van der Waals surface area contributed by atoms with Gasteiger partial charge in [-0.05, 0) is 25.0 Å². The van der Waals surface area contributed by atoms with E-state index in [1.807, 2.05) is 30.3 Å². The molecule has 1 aromatic carbocycles. The number of nitrogens with zero attached hydrogens (tertiary/aromatic N) is 2. The van der Waals surface area contributed by atoms with Gasteiger partial charge in [-0.15, -0.1) is 0 Å². The molecule has 2 aliphatic heterocycles. The maximum Gasteiger partial charge on any atom is 0.263 e. The molecule has 2 amide bonds. The molecule has 3 rings (SSSR count). The van der Waals surface area contributed by atoms with E-state index in [0.717, 1.165) is 13.0 Å². The van der Waals surface area contributed by atoms with Crippen molar-refractivity contribution >= 4 is 11.8 Å². The number of amides is 2. The average Bonchev–Trinajstić information content (AvgIpc) is 3.13. The van der Waals surface area contributed by atoms with Gasteiger partial charge in [0.2, 0.25) is 5.91 Å². The van der Waals surface area contributed by atoms with Gasteiger partial charge in [0.15, 0.2) is 11.5 Å². The van der Waals surface area contributed by atoms with Gasteiger partial charge in [-0.25, -0.2) is 0 Å². The molecule has 0 radical (unpaired) electrons. The van der Waals surface area contributed by atoms with Crippen LogP contribution in [0.1, 0.15) is 19.3 Å². The molecule has 1 saturated heterocycles. The first kappa shape index (κ1) is 19.5. The van der Waals surface area contributed by atoms with E-state index >= 15 is 0 Å². The predicted octanol–water partition coefficient (Wildman–Crippen LogP) is 0.952. The van der Waals surface area contributed by atoms with Crippen LogP contribution in [0.15, 0.2) is 36.0 Å². The number of carbonyl (C=O) groups is 2. The van der Waals surface area contributed by atoms with Crippen LogP contribution in [0.5, 0.6) is 11.5 Å². The van der Waals surface area contributed by atoms with Crippen LogP contribution in [-0.2, 0) is 9.59 Å². The second kappa shape index (κ2) is 9.65. The Hall–Kier alpha value is -3.21. The summed E-state index contributed by atoms with van der Waals surface area (Å²) in [5, 5.41) is 14.9. The summed E-state index contributed by atoms with van der Waals surface area (Å²) in [7, 11) is 0. The van der Waals surface area contributed by atoms with E-state index in [-0.39, 0.29) is 17.6 Å². The number of fused-ring (bicyclic) bond motifs is 1. The SMILES string of the molecule is N#C/C(=C/NCC1COc2ccccc2O1)C(=O)NCCCN1CCCC1=O. The van der Waals surface area contributed by atoms with Crippen molar-refractivity contribution in [3.63, 3.8) is 0 Å². The number of benzene rings is 1. The Morgan fingerprint density at radius 3 is 2.93 bits per heavy atom. The lowest BCUT2D eigenvalue weighted by atomic mass is 10.2. The predicted molar refractivity (Wildman–Crippen MR) is 101 cm³/mol. The summed E-state index contributed by atoms with van der Waals surface area (Å²) < 4.78 is 11.4. The molecule has 2 aliphatic rings. The van der Waals surface area contributed by atoms with Crippen LogP contribution in [0, 0.1) is 11.3 Å². The van der Waals surface area contributed by atoms with Gasteiger partial charge < -0.3 is 25.0 Å². The number of likely N-dealkylation sites (tertiary alicyclic amines) is 1. The number of carbonyl (C=O) groups excluding carboxylic acids is 2. The molecule has 8 nitrogen and oxygen atoms in total. The zero-order valence-electron chi connectivity index (χ0n) is 15.6. The Morgan fingerprint density at radius 2 is 2.18 bits per heavy atom. The molecule has 1 aromatic rings. The van der Waals surface area contributed by atoms with Crippen molar-refractivity contribution in [1.29, 1.82) is 5.26 Å². The fraction of sp³-hybridized carbons (Fsp3) is 0.450. The Labute approximate surface area is 164 Å². The van der Waals surface area contributed by atoms with E-state index in [1.54, 1.807) is 4.90 Å². The minimum atomic E-state index is -0.436. The van der Waals surface area contributed by atoms with E-state index in [9.17, 15) is 14.9 Å². The second-order valence-electron chi connectivity index (χ2n) is 6.67. The standard InChI is InChI=1S/C20H24N4O4/c21-11-15(20(26)23-8-4-10-24-9-3-7-19(24)25)12-22-13-16-14-27-17-5-1-2-6-18(17)28-16/h1-2,5-6,12,16,22H,3-4,7-10,13-14H2,(H,23,26)/b15-12-. The quantitative estimate of drug-likeness (QED) is 0.393. The summed E-state index contributed by atoms with van der Waals surface area (Å²) >= 11 is 0. The van der Waals surface area contributed by atoms with Gasteiger partial charge in [0.05, 0.1) is 6.54 Å².